The number of aromatic nitrogens is 1. The van der Waals surface area contributed by atoms with E-state index in [1.54, 1.807) is 26.5 Å². The molecule has 0 fully saturated rings. The van der Waals surface area contributed by atoms with Gasteiger partial charge in [0.2, 0.25) is 0 Å². The van der Waals surface area contributed by atoms with Crippen LogP contribution in [0.1, 0.15) is 18.2 Å². The van der Waals surface area contributed by atoms with Gasteiger partial charge < -0.3 is 14.2 Å². The normalized spacial score (nSPS) is 10.2. The second kappa shape index (κ2) is 6.80. The predicted octanol–water partition coefficient (Wildman–Crippen LogP) is 3.24. The molecule has 0 radical (unpaired) electrons. The number of methoxy groups -OCH3 is 2. The highest BCUT2D eigenvalue weighted by Gasteiger charge is 2.11. The van der Waals surface area contributed by atoms with Gasteiger partial charge in [0.15, 0.2) is 11.5 Å². The SMILES string of the molecule is CCc1cccc(OCc2nccc(OC)c2OC)c1. The summed E-state index contributed by atoms with van der Waals surface area (Å²) >= 11 is 0. The lowest BCUT2D eigenvalue weighted by molar-refractivity contribution is 0.284. The molecule has 0 unspecified atom stereocenters. The fraction of sp³-hybridized carbons (Fsp3) is 0.312. The number of pyridine rings is 1. The Balaban J connectivity index is 2.14. The molecule has 0 saturated carbocycles. The average Bonchev–Trinajstić information content (AvgIpc) is 2.52. The lowest BCUT2D eigenvalue weighted by atomic mass is 10.2. The Bertz CT molecular complexity index is 569. The van der Waals surface area contributed by atoms with Gasteiger partial charge in [-0.05, 0) is 24.1 Å². The molecule has 20 heavy (non-hydrogen) atoms. The van der Waals surface area contributed by atoms with Gasteiger partial charge in [0, 0.05) is 12.3 Å². The molecule has 0 bridgehead atoms. The topological polar surface area (TPSA) is 40.6 Å². The molecule has 0 aliphatic heterocycles. The number of aryl methyl sites for hydroxylation is 1. The van der Waals surface area contributed by atoms with Crippen molar-refractivity contribution in [3.05, 3.63) is 47.8 Å². The van der Waals surface area contributed by atoms with Crippen LogP contribution in [0.2, 0.25) is 0 Å². The van der Waals surface area contributed by atoms with Crippen LogP contribution in [-0.2, 0) is 13.0 Å². The van der Waals surface area contributed by atoms with E-state index in [-0.39, 0.29) is 0 Å². The highest BCUT2D eigenvalue weighted by atomic mass is 16.5. The van der Waals surface area contributed by atoms with E-state index >= 15 is 0 Å². The van der Waals surface area contributed by atoms with E-state index in [0.29, 0.717) is 23.8 Å². The summed E-state index contributed by atoms with van der Waals surface area (Å²) in [5.74, 6) is 2.10. The monoisotopic (exact) mass is 273 g/mol. The average molecular weight is 273 g/mol. The Labute approximate surface area is 119 Å². The maximum Gasteiger partial charge on any atom is 0.185 e. The highest BCUT2D eigenvalue weighted by molar-refractivity contribution is 5.42. The van der Waals surface area contributed by atoms with Crippen molar-refractivity contribution in [2.45, 2.75) is 20.0 Å². The fourth-order valence-corrected chi connectivity index (χ4v) is 1.96. The van der Waals surface area contributed by atoms with Crippen molar-refractivity contribution in [3.8, 4) is 17.2 Å². The number of rotatable bonds is 6. The molecule has 0 aliphatic carbocycles. The number of hydrogen-bond acceptors (Lipinski definition) is 4. The highest BCUT2D eigenvalue weighted by Crippen LogP contribution is 2.29. The van der Waals surface area contributed by atoms with E-state index in [1.807, 2.05) is 18.2 Å². The van der Waals surface area contributed by atoms with E-state index in [0.717, 1.165) is 12.2 Å². The number of nitrogens with zero attached hydrogens (tertiary/aromatic N) is 1. The third-order valence-corrected chi connectivity index (χ3v) is 3.05. The summed E-state index contributed by atoms with van der Waals surface area (Å²) < 4.78 is 16.4. The van der Waals surface area contributed by atoms with E-state index < -0.39 is 0 Å². The molecule has 2 aromatic rings. The summed E-state index contributed by atoms with van der Waals surface area (Å²) in [6.45, 7) is 2.46. The Hall–Kier alpha value is -2.23. The minimum Gasteiger partial charge on any atom is -0.493 e. The second-order valence-corrected chi connectivity index (χ2v) is 4.28. The molecule has 0 N–H and O–H groups in total. The van der Waals surface area contributed by atoms with E-state index in [1.165, 1.54) is 5.56 Å². The molecule has 4 nitrogen and oxygen atoms in total. The van der Waals surface area contributed by atoms with Gasteiger partial charge in [0.25, 0.3) is 0 Å². The maximum absolute atomic E-state index is 5.78. The van der Waals surface area contributed by atoms with Crippen LogP contribution in [0.3, 0.4) is 0 Å². The fourth-order valence-electron chi connectivity index (χ4n) is 1.96. The van der Waals surface area contributed by atoms with E-state index in [2.05, 4.69) is 18.0 Å². The summed E-state index contributed by atoms with van der Waals surface area (Å²) in [6.07, 6.45) is 2.67. The first-order valence-electron chi connectivity index (χ1n) is 6.56. The van der Waals surface area contributed by atoms with Gasteiger partial charge >= 0.3 is 0 Å². The van der Waals surface area contributed by atoms with Gasteiger partial charge in [-0.3, -0.25) is 4.98 Å². The molecule has 1 aromatic carbocycles. The van der Waals surface area contributed by atoms with Gasteiger partial charge in [-0.25, -0.2) is 0 Å². The van der Waals surface area contributed by atoms with Crippen molar-refractivity contribution in [3.63, 3.8) is 0 Å². The minimum absolute atomic E-state index is 0.341. The van der Waals surface area contributed by atoms with E-state index in [9.17, 15) is 0 Å². The van der Waals surface area contributed by atoms with Gasteiger partial charge in [-0.2, -0.15) is 0 Å². The van der Waals surface area contributed by atoms with Crippen LogP contribution < -0.4 is 14.2 Å². The molecule has 4 heteroatoms. The van der Waals surface area contributed by atoms with Crippen molar-refractivity contribution in [2.75, 3.05) is 14.2 Å². The van der Waals surface area contributed by atoms with Gasteiger partial charge in [0.05, 0.1) is 14.2 Å². The Morgan fingerprint density at radius 1 is 1.10 bits per heavy atom. The summed E-state index contributed by atoms with van der Waals surface area (Å²) in [6, 6.07) is 9.81. The molecule has 2 rings (SSSR count). The minimum atomic E-state index is 0.341. The van der Waals surface area contributed by atoms with Crippen LogP contribution in [0, 0.1) is 0 Å². The third-order valence-electron chi connectivity index (χ3n) is 3.05. The summed E-state index contributed by atoms with van der Waals surface area (Å²) in [5, 5.41) is 0. The van der Waals surface area contributed by atoms with Crippen LogP contribution >= 0.6 is 0 Å². The summed E-state index contributed by atoms with van der Waals surface area (Å²) in [4.78, 5) is 4.29. The lowest BCUT2D eigenvalue weighted by Crippen LogP contribution is -2.03. The Morgan fingerprint density at radius 2 is 1.95 bits per heavy atom. The van der Waals surface area contributed by atoms with Crippen molar-refractivity contribution in [1.82, 2.24) is 4.98 Å². The standard InChI is InChI=1S/C16H19NO3/c1-4-12-6-5-7-13(10-12)20-11-14-16(19-3)15(18-2)8-9-17-14/h5-10H,4,11H2,1-3H3. The van der Waals surface area contributed by atoms with Crippen molar-refractivity contribution in [2.24, 2.45) is 0 Å². The first kappa shape index (κ1) is 14.2. The molecular weight excluding hydrogens is 254 g/mol. The van der Waals surface area contributed by atoms with Crippen LogP contribution in [0.4, 0.5) is 0 Å². The molecule has 0 atom stereocenters. The molecule has 0 spiro atoms. The second-order valence-electron chi connectivity index (χ2n) is 4.28. The summed E-state index contributed by atoms with van der Waals surface area (Å²) in [7, 11) is 3.20. The quantitative estimate of drug-likeness (QED) is 0.810. The zero-order chi connectivity index (χ0) is 14.4. The number of ether oxygens (including phenoxy) is 3. The third kappa shape index (κ3) is 3.20. The van der Waals surface area contributed by atoms with Crippen LogP contribution in [-0.4, -0.2) is 19.2 Å². The van der Waals surface area contributed by atoms with Crippen LogP contribution in [0.5, 0.6) is 17.2 Å². The molecule has 0 amide bonds. The van der Waals surface area contributed by atoms with Gasteiger partial charge in [0.1, 0.15) is 18.1 Å². The number of benzene rings is 1. The van der Waals surface area contributed by atoms with Crippen molar-refractivity contribution >= 4 is 0 Å². The van der Waals surface area contributed by atoms with Crippen LogP contribution in [0.15, 0.2) is 36.5 Å². The summed E-state index contributed by atoms with van der Waals surface area (Å²) in [5.41, 5.74) is 1.96. The first-order chi connectivity index (χ1) is 9.78. The smallest absolute Gasteiger partial charge is 0.185 e. The van der Waals surface area contributed by atoms with Gasteiger partial charge in [-0.15, -0.1) is 0 Å². The maximum atomic E-state index is 5.78. The molecular formula is C16H19NO3. The van der Waals surface area contributed by atoms with Crippen molar-refractivity contribution in [1.29, 1.82) is 0 Å². The molecule has 1 heterocycles. The molecule has 0 saturated heterocycles. The van der Waals surface area contributed by atoms with Crippen LogP contribution in [0.25, 0.3) is 0 Å². The van der Waals surface area contributed by atoms with Gasteiger partial charge in [-0.1, -0.05) is 19.1 Å². The first-order valence-corrected chi connectivity index (χ1v) is 6.56. The molecule has 106 valence electrons. The predicted molar refractivity (Wildman–Crippen MR) is 77.5 cm³/mol. The Kier molecular flexibility index (Phi) is 4.82. The Morgan fingerprint density at radius 3 is 2.65 bits per heavy atom. The molecule has 0 aliphatic rings. The zero-order valence-corrected chi connectivity index (χ0v) is 12.1. The number of hydrogen-bond donors (Lipinski definition) is 0. The zero-order valence-electron chi connectivity index (χ0n) is 12.1. The largest absolute Gasteiger partial charge is 0.493 e. The lowest BCUT2D eigenvalue weighted by Gasteiger charge is -2.12. The molecule has 1 aromatic heterocycles. The van der Waals surface area contributed by atoms with E-state index in [4.69, 9.17) is 14.2 Å². The van der Waals surface area contributed by atoms with Crippen molar-refractivity contribution < 1.29 is 14.2 Å².